The molecule has 2 bridgehead atoms. The lowest BCUT2D eigenvalue weighted by Gasteiger charge is -2.31. The summed E-state index contributed by atoms with van der Waals surface area (Å²) in [6.07, 6.45) is 0.385. The molecule has 3 heteroatoms. The first-order valence-electron chi connectivity index (χ1n) is 4.17. The van der Waals surface area contributed by atoms with Crippen LogP contribution in [0.3, 0.4) is 0 Å². The summed E-state index contributed by atoms with van der Waals surface area (Å²) in [5.41, 5.74) is 0. The van der Waals surface area contributed by atoms with Crippen LogP contribution in [0.5, 0.6) is 0 Å². The molecule has 2 rings (SSSR count). The summed E-state index contributed by atoms with van der Waals surface area (Å²) in [7, 11) is 0. The second-order valence-electron chi connectivity index (χ2n) is 3.58. The standard InChI is InChI=1S/C8H14O3/c1-4-3-6-8(9)10-5(2)7(4)11-6/h4-9H,3H2,1-2H3/t4-,5+,6-,7-,8?/m0/s1. The Bertz CT molecular complexity index is 157. The second kappa shape index (κ2) is 2.44. The van der Waals surface area contributed by atoms with E-state index in [1.807, 2.05) is 6.92 Å². The van der Waals surface area contributed by atoms with E-state index in [1.54, 1.807) is 0 Å². The van der Waals surface area contributed by atoms with Crippen molar-refractivity contribution in [3.8, 4) is 0 Å². The van der Waals surface area contributed by atoms with Crippen LogP contribution in [-0.4, -0.2) is 29.7 Å². The lowest BCUT2D eigenvalue weighted by atomic mass is 10.00. The minimum atomic E-state index is -0.703. The van der Waals surface area contributed by atoms with Gasteiger partial charge in [-0.1, -0.05) is 6.92 Å². The Morgan fingerprint density at radius 2 is 2.00 bits per heavy atom. The Kier molecular flexibility index (Phi) is 1.67. The van der Waals surface area contributed by atoms with Crippen LogP contribution >= 0.6 is 0 Å². The Hall–Kier alpha value is -0.120. The Labute approximate surface area is 66.3 Å². The number of rotatable bonds is 0. The van der Waals surface area contributed by atoms with Crippen LogP contribution in [0.25, 0.3) is 0 Å². The predicted molar refractivity (Wildman–Crippen MR) is 39.0 cm³/mol. The quantitative estimate of drug-likeness (QED) is 0.558. The zero-order valence-electron chi connectivity index (χ0n) is 6.86. The Morgan fingerprint density at radius 1 is 1.27 bits per heavy atom. The molecule has 3 nitrogen and oxygen atoms in total. The smallest absolute Gasteiger partial charge is 0.181 e. The fraction of sp³-hybridized carbons (Fsp3) is 1.00. The summed E-state index contributed by atoms with van der Waals surface area (Å²) in [5.74, 6) is 0.521. The van der Waals surface area contributed by atoms with Crippen molar-refractivity contribution in [2.24, 2.45) is 5.92 Å². The zero-order valence-corrected chi connectivity index (χ0v) is 6.86. The van der Waals surface area contributed by atoms with E-state index in [-0.39, 0.29) is 18.3 Å². The second-order valence-corrected chi connectivity index (χ2v) is 3.58. The van der Waals surface area contributed by atoms with E-state index in [4.69, 9.17) is 9.47 Å². The summed E-state index contributed by atoms with van der Waals surface area (Å²) in [6, 6.07) is 0. The van der Waals surface area contributed by atoms with Gasteiger partial charge < -0.3 is 14.6 Å². The summed E-state index contributed by atoms with van der Waals surface area (Å²) in [6.45, 7) is 4.09. The molecule has 2 aliphatic rings. The normalized spacial score (nSPS) is 56.5. The minimum absolute atomic E-state index is 0.0405. The largest absolute Gasteiger partial charge is 0.367 e. The van der Waals surface area contributed by atoms with Crippen molar-refractivity contribution >= 4 is 0 Å². The molecule has 2 fully saturated rings. The molecular weight excluding hydrogens is 144 g/mol. The van der Waals surface area contributed by atoms with E-state index in [9.17, 15) is 5.11 Å². The topological polar surface area (TPSA) is 38.7 Å². The molecule has 0 radical (unpaired) electrons. The molecule has 2 saturated heterocycles. The maximum absolute atomic E-state index is 9.34. The molecular formula is C8H14O3. The van der Waals surface area contributed by atoms with Gasteiger partial charge >= 0.3 is 0 Å². The third-order valence-electron chi connectivity index (χ3n) is 2.63. The molecule has 64 valence electrons. The molecule has 0 saturated carbocycles. The number of hydrogen-bond donors (Lipinski definition) is 1. The summed E-state index contributed by atoms with van der Waals surface area (Å²) < 4.78 is 10.8. The van der Waals surface area contributed by atoms with Crippen molar-refractivity contribution in [2.75, 3.05) is 0 Å². The highest BCUT2D eigenvalue weighted by atomic mass is 16.7. The highest BCUT2D eigenvalue weighted by Crippen LogP contribution is 2.35. The predicted octanol–water partition coefficient (Wildman–Crippen LogP) is 0.517. The van der Waals surface area contributed by atoms with E-state index in [1.165, 1.54) is 0 Å². The number of hydrogen-bond acceptors (Lipinski definition) is 3. The van der Waals surface area contributed by atoms with Crippen LogP contribution in [0, 0.1) is 5.92 Å². The first-order valence-corrected chi connectivity index (χ1v) is 4.17. The summed E-state index contributed by atoms with van der Waals surface area (Å²) in [4.78, 5) is 0. The lowest BCUT2D eigenvalue weighted by Crippen LogP contribution is -2.42. The summed E-state index contributed by atoms with van der Waals surface area (Å²) >= 11 is 0. The van der Waals surface area contributed by atoms with Crippen molar-refractivity contribution in [3.05, 3.63) is 0 Å². The van der Waals surface area contributed by atoms with E-state index in [0.717, 1.165) is 6.42 Å². The molecule has 2 aliphatic heterocycles. The van der Waals surface area contributed by atoms with Gasteiger partial charge in [-0.3, -0.25) is 0 Å². The van der Waals surface area contributed by atoms with Crippen molar-refractivity contribution in [2.45, 2.75) is 44.9 Å². The number of ether oxygens (including phenoxy) is 2. The fourth-order valence-electron chi connectivity index (χ4n) is 2.03. The van der Waals surface area contributed by atoms with Crippen molar-refractivity contribution in [1.29, 1.82) is 0 Å². The number of aliphatic hydroxyl groups is 1. The van der Waals surface area contributed by atoms with Gasteiger partial charge in [0.1, 0.15) is 6.10 Å². The molecule has 0 spiro atoms. The minimum Gasteiger partial charge on any atom is -0.367 e. The molecule has 0 amide bonds. The number of fused-ring (bicyclic) bond motifs is 2. The highest BCUT2D eigenvalue weighted by Gasteiger charge is 2.45. The van der Waals surface area contributed by atoms with Crippen molar-refractivity contribution < 1.29 is 14.6 Å². The van der Waals surface area contributed by atoms with Gasteiger partial charge in [-0.05, 0) is 19.3 Å². The molecule has 0 aromatic heterocycles. The van der Waals surface area contributed by atoms with Crippen LogP contribution in [0.2, 0.25) is 0 Å². The van der Waals surface area contributed by atoms with Gasteiger partial charge in [0, 0.05) is 0 Å². The van der Waals surface area contributed by atoms with Gasteiger partial charge in [0.2, 0.25) is 0 Å². The molecule has 0 aromatic rings. The Balaban J connectivity index is 2.13. The molecule has 0 aromatic carbocycles. The SMILES string of the molecule is C[C@H]1C[C@@H]2O[C@@H]1[C@@H](C)OC2O. The average molecular weight is 158 g/mol. The molecule has 1 unspecified atom stereocenters. The van der Waals surface area contributed by atoms with Gasteiger partial charge in [0.25, 0.3) is 0 Å². The van der Waals surface area contributed by atoms with Crippen molar-refractivity contribution in [1.82, 2.24) is 0 Å². The van der Waals surface area contributed by atoms with E-state index in [0.29, 0.717) is 5.92 Å². The van der Waals surface area contributed by atoms with Gasteiger partial charge in [-0.25, -0.2) is 0 Å². The monoisotopic (exact) mass is 158 g/mol. The molecule has 2 heterocycles. The summed E-state index contributed by atoms with van der Waals surface area (Å²) in [5, 5.41) is 9.34. The zero-order chi connectivity index (χ0) is 8.01. The molecule has 11 heavy (non-hydrogen) atoms. The highest BCUT2D eigenvalue weighted by molar-refractivity contribution is 4.89. The van der Waals surface area contributed by atoms with E-state index in [2.05, 4.69) is 6.92 Å². The van der Waals surface area contributed by atoms with Crippen molar-refractivity contribution in [3.63, 3.8) is 0 Å². The fourth-order valence-corrected chi connectivity index (χ4v) is 2.03. The number of aliphatic hydroxyl groups excluding tert-OH is 1. The first kappa shape index (κ1) is 7.53. The molecule has 5 atom stereocenters. The molecule has 1 N–H and O–H groups in total. The lowest BCUT2D eigenvalue weighted by molar-refractivity contribution is -0.258. The van der Waals surface area contributed by atoms with Crippen LogP contribution < -0.4 is 0 Å². The maximum Gasteiger partial charge on any atom is 0.181 e. The first-order chi connectivity index (χ1) is 5.18. The maximum atomic E-state index is 9.34. The Morgan fingerprint density at radius 3 is 2.73 bits per heavy atom. The van der Waals surface area contributed by atoms with E-state index >= 15 is 0 Å². The van der Waals surface area contributed by atoms with Crippen LogP contribution in [0.1, 0.15) is 20.3 Å². The molecule has 0 aliphatic carbocycles. The third kappa shape index (κ3) is 1.08. The van der Waals surface area contributed by atoms with Gasteiger partial charge in [-0.2, -0.15) is 0 Å². The van der Waals surface area contributed by atoms with Gasteiger partial charge in [0.15, 0.2) is 6.29 Å². The van der Waals surface area contributed by atoms with Crippen LogP contribution in [-0.2, 0) is 9.47 Å². The van der Waals surface area contributed by atoms with Gasteiger partial charge in [0.05, 0.1) is 12.2 Å². The van der Waals surface area contributed by atoms with Gasteiger partial charge in [-0.15, -0.1) is 0 Å². The average Bonchev–Trinajstić information content (AvgIpc) is 2.26. The van der Waals surface area contributed by atoms with E-state index < -0.39 is 6.29 Å². The third-order valence-corrected chi connectivity index (χ3v) is 2.63. The van der Waals surface area contributed by atoms with Crippen LogP contribution in [0.4, 0.5) is 0 Å². The van der Waals surface area contributed by atoms with Crippen LogP contribution in [0.15, 0.2) is 0 Å².